The summed E-state index contributed by atoms with van der Waals surface area (Å²) in [6, 6.07) is 80.4. The van der Waals surface area contributed by atoms with Crippen molar-refractivity contribution < 1.29 is 8.83 Å². The number of furan rings is 2. The highest BCUT2D eigenvalue weighted by atomic mass is 16.3. The van der Waals surface area contributed by atoms with E-state index in [1.54, 1.807) is 0 Å². The first-order chi connectivity index (χ1) is 34.2. The third-order valence-corrected chi connectivity index (χ3v) is 13.5. The molecule has 0 spiro atoms. The first-order valence-electron chi connectivity index (χ1n) is 23.2. The minimum absolute atomic E-state index is 0.576. The fourth-order valence-electron chi connectivity index (χ4n) is 10.1. The van der Waals surface area contributed by atoms with Crippen molar-refractivity contribution in [1.82, 2.24) is 19.5 Å². The van der Waals surface area contributed by atoms with Crippen molar-refractivity contribution in [3.63, 3.8) is 0 Å². The summed E-state index contributed by atoms with van der Waals surface area (Å²) in [6.07, 6.45) is 0. The molecule has 6 heteroatoms. The van der Waals surface area contributed by atoms with Gasteiger partial charge in [0, 0.05) is 49.0 Å². The van der Waals surface area contributed by atoms with Gasteiger partial charge in [-0.1, -0.05) is 170 Å². The predicted octanol–water partition coefficient (Wildman–Crippen LogP) is 16.8. The Balaban J connectivity index is 0.827. The van der Waals surface area contributed by atoms with Gasteiger partial charge in [0.05, 0.1) is 16.7 Å². The van der Waals surface area contributed by atoms with Crippen molar-refractivity contribution >= 4 is 65.7 Å². The van der Waals surface area contributed by atoms with Gasteiger partial charge in [-0.05, 0) is 94.0 Å². The fourth-order valence-corrected chi connectivity index (χ4v) is 10.1. The van der Waals surface area contributed by atoms with Crippen LogP contribution in [0, 0.1) is 0 Å². The van der Waals surface area contributed by atoms with E-state index in [1.165, 1.54) is 21.9 Å². The van der Waals surface area contributed by atoms with E-state index in [1.807, 2.05) is 42.5 Å². The molecule has 0 bridgehead atoms. The third kappa shape index (κ3) is 6.53. The van der Waals surface area contributed by atoms with E-state index in [0.29, 0.717) is 17.5 Å². The lowest BCUT2D eigenvalue weighted by Crippen LogP contribution is -2.00. The Labute approximate surface area is 396 Å². The molecule has 0 N–H and O–H groups in total. The van der Waals surface area contributed by atoms with Crippen LogP contribution in [0.3, 0.4) is 0 Å². The van der Waals surface area contributed by atoms with Crippen LogP contribution in [-0.4, -0.2) is 19.5 Å². The molecule has 14 aromatic rings. The Bertz CT molecular complexity index is 4290. The minimum atomic E-state index is 0.576. The van der Waals surface area contributed by atoms with Crippen molar-refractivity contribution in [2.45, 2.75) is 0 Å². The highest BCUT2D eigenvalue weighted by molar-refractivity contribution is 6.14. The molecule has 0 radical (unpaired) electrons. The number of para-hydroxylation sites is 2. The summed E-state index contributed by atoms with van der Waals surface area (Å²) >= 11 is 0. The maximum atomic E-state index is 6.89. The summed E-state index contributed by atoms with van der Waals surface area (Å²) in [4.78, 5) is 15.0. The largest absolute Gasteiger partial charge is 0.456 e. The molecule has 0 aliphatic carbocycles. The molecule has 4 aromatic heterocycles. The lowest BCUT2D eigenvalue weighted by Gasteiger charge is -2.09. The number of aromatic nitrogens is 4. The van der Waals surface area contributed by atoms with Gasteiger partial charge >= 0.3 is 0 Å². The Kier molecular flexibility index (Phi) is 8.79. The number of nitrogens with zero attached hydrogens (tertiary/aromatic N) is 4. The molecule has 0 aliphatic rings. The molecule has 14 rings (SSSR count). The maximum Gasteiger partial charge on any atom is 0.164 e. The van der Waals surface area contributed by atoms with Crippen LogP contribution in [-0.2, 0) is 0 Å². The fraction of sp³-hybridized carbons (Fsp3) is 0. The predicted molar refractivity (Wildman–Crippen MR) is 281 cm³/mol. The molecule has 322 valence electrons. The van der Waals surface area contributed by atoms with Gasteiger partial charge in [-0.25, -0.2) is 15.0 Å². The molecule has 0 saturated heterocycles. The van der Waals surface area contributed by atoms with Gasteiger partial charge in [0.15, 0.2) is 23.1 Å². The van der Waals surface area contributed by atoms with Gasteiger partial charge in [0.1, 0.15) is 16.7 Å². The zero-order valence-corrected chi connectivity index (χ0v) is 37.0. The number of benzene rings is 10. The van der Waals surface area contributed by atoms with E-state index in [0.717, 1.165) is 99.5 Å². The maximum absolute atomic E-state index is 6.89. The van der Waals surface area contributed by atoms with Crippen molar-refractivity contribution in [2.24, 2.45) is 0 Å². The van der Waals surface area contributed by atoms with E-state index in [4.69, 9.17) is 23.8 Å². The Morgan fingerprint density at radius 2 is 0.681 bits per heavy atom. The second kappa shape index (κ2) is 15.6. The van der Waals surface area contributed by atoms with Crippen molar-refractivity contribution in [3.05, 3.63) is 231 Å². The molecule has 0 unspecified atom stereocenters. The average molecular weight is 883 g/mol. The molecule has 4 heterocycles. The Morgan fingerprint density at radius 3 is 1.35 bits per heavy atom. The summed E-state index contributed by atoms with van der Waals surface area (Å²) in [5.74, 6) is 1.79. The van der Waals surface area contributed by atoms with Crippen LogP contribution in [0.4, 0.5) is 0 Å². The van der Waals surface area contributed by atoms with Crippen LogP contribution in [0.5, 0.6) is 0 Å². The number of hydrogen-bond acceptors (Lipinski definition) is 5. The average Bonchev–Trinajstić information content (AvgIpc) is 4.10. The highest BCUT2D eigenvalue weighted by Crippen LogP contribution is 2.41. The van der Waals surface area contributed by atoms with Crippen LogP contribution in [0.2, 0.25) is 0 Å². The molecule has 0 amide bonds. The van der Waals surface area contributed by atoms with Crippen molar-refractivity contribution in [2.75, 3.05) is 0 Å². The van der Waals surface area contributed by atoms with Crippen LogP contribution in [0.15, 0.2) is 239 Å². The normalized spacial score (nSPS) is 11.8. The van der Waals surface area contributed by atoms with Crippen LogP contribution in [0.1, 0.15) is 0 Å². The second-order valence-corrected chi connectivity index (χ2v) is 17.6. The second-order valence-electron chi connectivity index (χ2n) is 17.6. The first-order valence-corrected chi connectivity index (χ1v) is 23.2. The van der Waals surface area contributed by atoms with Crippen LogP contribution >= 0.6 is 0 Å². The molecule has 0 aliphatic heterocycles. The topological polar surface area (TPSA) is 69.9 Å². The van der Waals surface area contributed by atoms with Gasteiger partial charge in [-0.3, -0.25) is 0 Å². The molecule has 69 heavy (non-hydrogen) atoms. The molecule has 0 saturated carbocycles. The van der Waals surface area contributed by atoms with Gasteiger partial charge < -0.3 is 13.4 Å². The molecule has 6 nitrogen and oxygen atoms in total. The quantitative estimate of drug-likeness (QED) is 0.159. The van der Waals surface area contributed by atoms with Gasteiger partial charge in [0.2, 0.25) is 0 Å². The minimum Gasteiger partial charge on any atom is -0.456 e. The Morgan fingerprint density at radius 1 is 0.261 bits per heavy atom. The van der Waals surface area contributed by atoms with Gasteiger partial charge in [-0.2, -0.15) is 0 Å². The van der Waals surface area contributed by atoms with E-state index in [-0.39, 0.29) is 0 Å². The molecular weight excluding hydrogens is 845 g/mol. The summed E-state index contributed by atoms with van der Waals surface area (Å²) in [7, 11) is 0. The van der Waals surface area contributed by atoms with E-state index in [2.05, 4.69) is 193 Å². The van der Waals surface area contributed by atoms with Crippen molar-refractivity contribution in [3.8, 4) is 73.2 Å². The van der Waals surface area contributed by atoms with E-state index in [9.17, 15) is 0 Å². The highest BCUT2D eigenvalue weighted by Gasteiger charge is 2.20. The lowest BCUT2D eigenvalue weighted by atomic mass is 10.0. The SMILES string of the molecule is c1ccc(-c2ccc(-c3nc(-c4ccccc4)nc(-c4ccc5c(c4)oc4cc(-c6ccc7c(c6)oc6c(-n8c9ccccc9c9cc(-c%10ccccc%10)ccc98)cccc67)ccc45)n3)cc2)cc1. The summed E-state index contributed by atoms with van der Waals surface area (Å²) in [5, 5.41) is 6.62. The smallest absolute Gasteiger partial charge is 0.164 e. The van der Waals surface area contributed by atoms with Crippen molar-refractivity contribution in [1.29, 1.82) is 0 Å². The van der Waals surface area contributed by atoms with Crippen LogP contribution in [0.25, 0.3) is 139 Å². The molecule has 0 atom stereocenters. The number of fused-ring (bicyclic) bond motifs is 9. The standard InChI is InChI=1S/C63H38N4O2/c1-4-13-39(14-5-1)41-23-25-43(26-24-41)62-64-61(42-17-8-3-9-18-42)65-63(66-62)47-29-33-50-49-31-27-45(36-57(49)68-58(50)38-47)46-28-32-51-52-20-12-22-56(60(52)69-59(51)37-46)67-54-21-11-10-19-48(54)53-35-44(30-34-55(53)67)40-15-6-2-7-16-40/h1-38H. The zero-order chi connectivity index (χ0) is 45.4. The van der Waals surface area contributed by atoms with Gasteiger partial charge in [0.25, 0.3) is 0 Å². The summed E-state index contributed by atoms with van der Waals surface area (Å²) < 4.78 is 15.9. The van der Waals surface area contributed by atoms with E-state index < -0.39 is 0 Å². The number of hydrogen-bond donors (Lipinski definition) is 0. The molecule has 10 aromatic carbocycles. The lowest BCUT2D eigenvalue weighted by molar-refractivity contribution is 0.666. The monoisotopic (exact) mass is 882 g/mol. The van der Waals surface area contributed by atoms with Gasteiger partial charge in [-0.15, -0.1) is 0 Å². The van der Waals surface area contributed by atoms with Crippen LogP contribution < -0.4 is 0 Å². The molecule has 0 fully saturated rings. The Hall–Kier alpha value is -9.39. The summed E-state index contributed by atoms with van der Waals surface area (Å²) in [5.41, 5.74) is 16.0. The van der Waals surface area contributed by atoms with E-state index >= 15 is 0 Å². The number of rotatable bonds is 7. The summed E-state index contributed by atoms with van der Waals surface area (Å²) in [6.45, 7) is 0. The zero-order valence-electron chi connectivity index (χ0n) is 37.0. The third-order valence-electron chi connectivity index (χ3n) is 13.5. The molecular formula is C63H38N4O2. The first kappa shape index (κ1) is 38.8.